The molecule has 1 N–H and O–H groups in total. The minimum atomic E-state index is -0.832. The molecule has 0 saturated carbocycles. The van der Waals surface area contributed by atoms with E-state index in [4.69, 9.17) is 4.74 Å². The highest BCUT2D eigenvalue weighted by atomic mass is 16.5. The lowest BCUT2D eigenvalue weighted by atomic mass is 9.84. The molecule has 2 saturated heterocycles. The van der Waals surface area contributed by atoms with Gasteiger partial charge in [0.05, 0.1) is 30.7 Å². The fourth-order valence-corrected chi connectivity index (χ4v) is 5.58. The van der Waals surface area contributed by atoms with Crippen LogP contribution in [0.3, 0.4) is 0 Å². The van der Waals surface area contributed by atoms with Crippen molar-refractivity contribution in [2.24, 2.45) is 11.8 Å². The second kappa shape index (κ2) is 8.13. The standard InChI is InChI=1S/C28H23N3O4/c1-35-20-13-11-18(12-14-20)29-26(32)25-23-22(24-21-10-6-5-7-17(21)15-16-30(24)25)27(33)31(28(23)34)19-8-3-2-4-9-19/h2-16,22-25H,1H3,(H,29,32)/t22-,23+,24-,25-/m0/s1. The van der Waals surface area contributed by atoms with E-state index in [1.807, 2.05) is 47.5 Å². The molecule has 0 spiro atoms. The van der Waals surface area contributed by atoms with E-state index in [1.165, 1.54) is 4.90 Å². The molecule has 3 heterocycles. The summed E-state index contributed by atoms with van der Waals surface area (Å²) >= 11 is 0. The lowest BCUT2D eigenvalue weighted by molar-refractivity contribution is -0.128. The topological polar surface area (TPSA) is 79.0 Å². The number of para-hydroxylation sites is 1. The molecular formula is C28H23N3O4. The summed E-state index contributed by atoms with van der Waals surface area (Å²) in [5.74, 6) is -1.74. The van der Waals surface area contributed by atoms with Crippen LogP contribution in [0.5, 0.6) is 5.75 Å². The number of carbonyl (C=O) groups excluding carboxylic acids is 3. The molecule has 4 atom stereocenters. The van der Waals surface area contributed by atoms with E-state index >= 15 is 0 Å². The Morgan fingerprint density at radius 2 is 1.54 bits per heavy atom. The first kappa shape index (κ1) is 21.2. The smallest absolute Gasteiger partial charge is 0.247 e. The van der Waals surface area contributed by atoms with Crippen LogP contribution in [-0.2, 0) is 14.4 Å². The third-order valence-corrected chi connectivity index (χ3v) is 7.10. The molecule has 0 aromatic heterocycles. The molecule has 7 nitrogen and oxygen atoms in total. The van der Waals surface area contributed by atoms with Gasteiger partial charge in [-0.1, -0.05) is 42.5 Å². The van der Waals surface area contributed by atoms with Gasteiger partial charge in [-0.2, -0.15) is 0 Å². The van der Waals surface area contributed by atoms with Crippen LogP contribution >= 0.6 is 0 Å². The predicted octanol–water partition coefficient (Wildman–Crippen LogP) is 3.85. The maximum atomic E-state index is 13.8. The number of amides is 3. The minimum absolute atomic E-state index is 0.272. The van der Waals surface area contributed by atoms with Crippen molar-refractivity contribution >= 4 is 35.2 Å². The summed E-state index contributed by atoms with van der Waals surface area (Å²) in [6.45, 7) is 0. The average molecular weight is 466 g/mol. The molecule has 3 aliphatic heterocycles. The predicted molar refractivity (Wildman–Crippen MR) is 131 cm³/mol. The van der Waals surface area contributed by atoms with Gasteiger partial charge in [-0.3, -0.25) is 14.4 Å². The maximum absolute atomic E-state index is 13.8. The van der Waals surface area contributed by atoms with Crippen molar-refractivity contribution in [1.29, 1.82) is 0 Å². The van der Waals surface area contributed by atoms with E-state index in [-0.39, 0.29) is 17.7 Å². The molecular weight excluding hydrogens is 442 g/mol. The molecule has 6 rings (SSSR count). The molecule has 3 amide bonds. The van der Waals surface area contributed by atoms with Crippen LogP contribution < -0.4 is 15.0 Å². The lowest BCUT2D eigenvalue weighted by Crippen LogP contribution is -2.46. The van der Waals surface area contributed by atoms with Gasteiger partial charge < -0.3 is 15.0 Å². The van der Waals surface area contributed by atoms with Crippen molar-refractivity contribution in [3.05, 3.63) is 96.2 Å². The molecule has 3 aliphatic rings. The molecule has 7 heteroatoms. The van der Waals surface area contributed by atoms with Crippen LogP contribution in [0, 0.1) is 11.8 Å². The molecule has 2 fully saturated rings. The molecule has 3 aromatic carbocycles. The van der Waals surface area contributed by atoms with Crippen molar-refractivity contribution in [2.45, 2.75) is 12.1 Å². The molecule has 35 heavy (non-hydrogen) atoms. The van der Waals surface area contributed by atoms with Gasteiger partial charge in [0.15, 0.2) is 0 Å². The number of hydrogen-bond acceptors (Lipinski definition) is 5. The van der Waals surface area contributed by atoms with Crippen LogP contribution in [0.4, 0.5) is 11.4 Å². The summed E-state index contributed by atoms with van der Waals surface area (Å²) in [5, 5.41) is 2.94. The molecule has 0 unspecified atom stereocenters. The Bertz CT molecular complexity index is 1350. The third-order valence-electron chi connectivity index (χ3n) is 7.10. The molecule has 0 bridgehead atoms. The summed E-state index contributed by atoms with van der Waals surface area (Å²) in [6, 6.07) is 22.5. The van der Waals surface area contributed by atoms with Gasteiger partial charge in [-0.25, -0.2) is 4.90 Å². The molecule has 174 valence electrons. The van der Waals surface area contributed by atoms with Crippen LogP contribution in [0.25, 0.3) is 6.08 Å². The van der Waals surface area contributed by atoms with E-state index in [9.17, 15) is 14.4 Å². The van der Waals surface area contributed by atoms with Gasteiger partial charge in [-0.15, -0.1) is 0 Å². The average Bonchev–Trinajstić information content (AvgIpc) is 3.37. The summed E-state index contributed by atoms with van der Waals surface area (Å²) < 4.78 is 5.20. The van der Waals surface area contributed by atoms with Crippen molar-refractivity contribution in [3.8, 4) is 5.75 Å². The van der Waals surface area contributed by atoms with Gasteiger partial charge in [0.2, 0.25) is 17.7 Å². The first-order valence-electron chi connectivity index (χ1n) is 11.5. The number of carbonyl (C=O) groups is 3. The number of hydrogen-bond donors (Lipinski definition) is 1. The molecule has 0 radical (unpaired) electrons. The first-order chi connectivity index (χ1) is 17.1. The second-order valence-electron chi connectivity index (χ2n) is 8.90. The molecule has 3 aromatic rings. The van der Waals surface area contributed by atoms with Gasteiger partial charge in [0.25, 0.3) is 0 Å². The zero-order chi connectivity index (χ0) is 24.1. The molecule has 0 aliphatic carbocycles. The third kappa shape index (κ3) is 3.23. The van der Waals surface area contributed by atoms with Crippen molar-refractivity contribution in [3.63, 3.8) is 0 Å². The largest absolute Gasteiger partial charge is 0.497 e. The SMILES string of the molecule is COc1ccc(NC(=O)[C@@H]2[C@@H]3C(=O)N(c4ccccc4)C(=O)[C@@H]3[C@@H]3c4ccccc4C=CN23)cc1. The number of fused-ring (bicyclic) bond motifs is 5. The number of benzene rings is 3. The number of rotatable bonds is 4. The summed E-state index contributed by atoms with van der Waals surface area (Å²) in [5.41, 5.74) is 3.05. The van der Waals surface area contributed by atoms with Crippen LogP contribution in [0.2, 0.25) is 0 Å². The second-order valence-corrected chi connectivity index (χ2v) is 8.90. The lowest BCUT2D eigenvalue weighted by Gasteiger charge is -2.35. The number of anilines is 2. The zero-order valence-corrected chi connectivity index (χ0v) is 19.0. The number of methoxy groups -OCH3 is 1. The highest BCUT2D eigenvalue weighted by Crippen LogP contribution is 2.53. The van der Waals surface area contributed by atoms with E-state index in [2.05, 4.69) is 5.32 Å². The highest BCUT2D eigenvalue weighted by Gasteiger charge is 2.64. The van der Waals surface area contributed by atoms with E-state index in [0.29, 0.717) is 17.1 Å². The van der Waals surface area contributed by atoms with Crippen LogP contribution in [0.1, 0.15) is 17.2 Å². The monoisotopic (exact) mass is 465 g/mol. The maximum Gasteiger partial charge on any atom is 0.247 e. The van der Waals surface area contributed by atoms with E-state index in [0.717, 1.165) is 11.1 Å². The Hall–Kier alpha value is -4.39. The van der Waals surface area contributed by atoms with Gasteiger partial charge in [0, 0.05) is 11.9 Å². The van der Waals surface area contributed by atoms with Gasteiger partial charge >= 0.3 is 0 Å². The van der Waals surface area contributed by atoms with Crippen molar-refractivity contribution in [1.82, 2.24) is 4.90 Å². The normalized spacial score (nSPS) is 24.1. The Kier molecular flexibility index (Phi) is 4.91. The summed E-state index contributed by atoms with van der Waals surface area (Å²) in [7, 11) is 1.58. The Morgan fingerprint density at radius 1 is 0.857 bits per heavy atom. The zero-order valence-electron chi connectivity index (χ0n) is 19.0. The van der Waals surface area contributed by atoms with Crippen LogP contribution in [-0.4, -0.2) is 35.8 Å². The Labute approximate surface area is 202 Å². The highest BCUT2D eigenvalue weighted by molar-refractivity contribution is 6.24. The van der Waals surface area contributed by atoms with E-state index in [1.54, 1.807) is 55.6 Å². The Morgan fingerprint density at radius 3 is 2.29 bits per heavy atom. The van der Waals surface area contributed by atoms with Gasteiger partial charge in [-0.05, 0) is 53.6 Å². The fraction of sp³-hybridized carbons (Fsp3) is 0.179. The number of imide groups is 1. The fourth-order valence-electron chi connectivity index (χ4n) is 5.58. The minimum Gasteiger partial charge on any atom is -0.497 e. The number of ether oxygens (including phenoxy) is 1. The Balaban J connectivity index is 1.42. The quantitative estimate of drug-likeness (QED) is 0.592. The van der Waals surface area contributed by atoms with Crippen molar-refractivity contribution < 1.29 is 19.1 Å². The summed E-state index contributed by atoms with van der Waals surface area (Å²) in [6.07, 6.45) is 3.78. The number of nitrogens with zero attached hydrogens (tertiary/aromatic N) is 2. The van der Waals surface area contributed by atoms with Crippen LogP contribution in [0.15, 0.2) is 85.1 Å². The first-order valence-corrected chi connectivity index (χ1v) is 11.5. The van der Waals surface area contributed by atoms with E-state index < -0.39 is 23.9 Å². The number of nitrogens with one attached hydrogen (secondary N) is 1. The summed E-state index contributed by atoms with van der Waals surface area (Å²) in [4.78, 5) is 44.3. The van der Waals surface area contributed by atoms with Crippen molar-refractivity contribution in [2.75, 3.05) is 17.3 Å². The van der Waals surface area contributed by atoms with Gasteiger partial charge in [0.1, 0.15) is 11.8 Å².